The van der Waals surface area contributed by atoms with Crippen LogP contribution in [0.5, 0.6) is 0 Å². The minimum absolute atomic E-state index is 0. The van der Waals surface area contributed by atoms with Crippen molar-refractivity contribution in [3.05, 3.63) is 30.3 Å². The summed E-state index contributed by atoms with van der Waals surface area (Å²) in [5, 5.41) is 0. The van der Waals surface area contributed by atoms with Gasteiger partial charge < -0.3 is 15.5 Å². The van der Waals surface area contributed by atoms with Crippen LogP contribution in [0.3, 0.4) is 0 Å². The molecular formula is C15H22ClN3O2. The largest absolute Gasteiger partial charge is 0.332 e. The first-order valence-corrected chi connectivity index (χ1v) is 6.95. The molecule has 1 unspecified atom stereocenters. The Balaban J connectivity index is 0.00000220. The molecule has 2 amide bonds. The molecule has 1 aromatic rings. The van der Waals surface area contributed by atoms with Gasteiger partial charge in [0.1, 0.15) is 6.54 Å². The van der Waals surface area contributed by atoms with Crippen LogP contribution in [0.25, 0.3) is 0 Å². The number of likely N-dealkylation sites (N-methyl/N-ethyl adjacent to an activating group) is 1. The average molecular weight is 312 g/mol. The van der Waals surface area contributed by atoms with Gasteiger partial charge in [0.2, 0.25) is 11.8 Å². The summed E-state index contributed by atoms with van der Waals surface area (Å²) >= 11 is 0. The van der Waals surface area contributed by atoms with E-state index in [0.717, 1.165) is 18.5 Å². The summed E-state index contributed by atoms with van der Waals surface area (Å²) in [6.45, 7) is 0.707. The van der Waals surface area contributed by atoms with Gasteiger partial charge in [-0.3, -0.25) is 9.59 Å². The van der Waals surface area contributed by atoms with Gasteiger partial charge in [-0.1, -0.05) is 18.2 Å². The molecule has 1 fully saturated rings. The van der Waals surface area contributed by atoms with Crippen LogP contribution < -0.4 is 10.6 Å². The Kier molecular flexibility index (Phi) is 6.65. The van der Waals surface area contributed by atoms with E-state index in [1.807, 2.05) is 30.3 Å². The highest BCUT2D eigenvalue weighted by molar-refractivity contribution is 5.96. The normalized spacial score (nSPS) is 18.7. The number of likely N-dealkylation sites (tertiary alicyclic amines) is 1. The van der Waals surface area contributed by atoms with Crippen molar-refractivity contribution in [1.29, 1.82) is 0 Å². The zero-order chi connectivity index (χ0) is 14.5. The van der Waals surface area contributed by atoms with Crippen LogP contribution in [-0.4, -0.2) is 42.9 Å². The maximum atomic E-state index is 12.3. The number of carbonyl (C=O) groups is 2. The second-order valence-electron chi connectivity index (χ2n) is 5.15. The van der Waals surface area contributed by atoms with Crippen molar-refractivity contribution < 1.29 is 9.59 Å². The van der Waals surface area contributed by atoms with Crippen LogP contribution in [0.15, 0.2) is 30.3 Å². The molecular weight excluding hydrogens is 290 g/mol. The van der Waals surface area contributed by atoms with Gasteiger partial charge in [-0.05, 0) is 31.4 Å². The van der Waals surface area contributed by atoms with E-state index < -0.39 is 6.04 Å². The standard InChI is InChI=1S/C15H21N3O2.ClH/c1-17(12-7-3-2-4-8-12)14(19)11-18-10-6-5-9-13(16)15(18)20;/h2-4,7-8,13H,5-6,9-11,16H2,1H3;1H. The maximum Gasteiger partial charge on any atom is 0.246 e. The number of halogens is 1. The number of hydrogen-bond acceptors (Lipinski definition) is 3. The molecule has 1 aliphatic heterocycles. The molecule has 2 rings (SSSR count). The predicted octanol–water partition coefficient (Wildman–Crippen LogP) is 1.41. The lowest BCUT2D eigenvalue weighted by molar-refractivity contribution is -0.135. The Labute approximate surface area is 131 Å². The van der Waals surface area contributed by atoms with E-state index in [1.165, 1.54) is 0 Å². The third-order valence-electron chi connectivity index (χ3n) is 3.67. The molecule has 6 heteroatoms. The molecule has 1 aromatic carbocycles. The van der Waals surface area contributed by atoms with Gasteiger partial charge in [0.05, 0.1) is 6.04 Å². The van der Waals surface area contributed by atoms with E-state index in [-0.39, 0.29) is 30.8 Å². The van der Waals surface area contributed by atoms with Crippen LogP contribution >= 0.6 is 12.4 Å². The van der Waals surface area contributed by atoms with E-state index in [2.05, 4.69) is 0 Å². The van der Waals surface area contributed by atoms with Gasteiger partial charge in [-0.15, -0.1) is 12.4 Å². The van der Waals surface area contributed by atoms with Gasteiger partial charge in [-0.2, -0.15) is 0 Å². The molecule has 0 spiro atoms. The Morgan fingerprint density at radius 2 is 2.00 bits per heavy atom. The van der Waals surface area contributed by atoms with Crippen LogP contribution in [0.1, 0.15) is 19.3 Å². The molecule has 1 aliphatic rings. The Morgan fingerprint density at radius 1 is 1.33 bits per heavy atom. The van der Waals surface area contributed by atoms with E-state index in [0.29, 0.717) is 13.0 Å². The third kappa shape index (κ3) is 4.44. The number of nitrogens with two attached hydrogens (primary N) is 1. The van der Waals surface area contributed by atoms with Gasteiger partial charge in [0, 0.05) is 19.3 Å². The molecule has 1 heterocycles. The van der Waals surface area contributed by atoms with Crippen molar-refractivity contribution in [2.75, 3.05) is 25.0 Å². The van der Waals surface area contributed by atoms with Gasteiger partial charge >= 0.3 is 0 Å². The fraction of sp³-hybridized carbons (Fsp3) is 0.467. The predicted molar refractivity (Wildman–Crippen MR) is 85.5 cm³/mol. The molecule has 1 saturated heterocycles. The van der Waals surface area contributed by atoms with Crippen LogP contribution in [0, 0.1) is 0 Å². The summed E-state index contributed by atoms with van der Waals surface area (Å²) in [4.78, 5) is 27.5. The quantitative estimate of drug-likeness (QED) is 0.918. The van der Waals surface area contributed by atoms with Crippen molar-refractivity contribution >= 4 is 29.9 Å². The Bertz CT molecular complexity index is 481. The van der Waals surface area contributed by atoms with Crippen molar-refractivity contribution in [1.82, 2.24) is 4.90 Å². The fourth-order valence-electron chi connectivity index (χ4n) is 2.36. The third-order valence-corrected chi connectivity index (χ3v) is 3.67. The lowest BCUT2D eigenvalue weighted by Crippen LogP contribution is -2.47. The summed E-state index contributed by atoms with van der Waals surface area (Å²) in [5.41, 5.74) is 6.64. The molecule has 0 saturated carbocycles. The zero-order valence-corrected chi connectivity index (χ0v) is 13.0. The summed E-state index contributed by atoms with van der Waals surface area (Å²) in [7, 11) is 1.72. The first-order valence-electron chi connectivity index (χ1n) is 6.95. The zero-order valence-electron chi connectivity index (χ0n) is 12.2. The van der Waals surface area contributed by atoms with Gasteiger partial charge in [0.15, 0.2) is 0 Å². The minimum Gasteiger partial charge on any atom is -0.332 e. The summed E-state index contributed by atoms with van der Waals surface area (Å²) < 4.78 is 0. The first kappa shape index (κ1) is 17.5. The highest BCUT2D eigenvalue weighted by Crippen LogP contribution is 2.14. The van der Waals surface area contributed by atoms with E-state index in [4.69, 9.17) is 5.73 Å². The van der Waals surface area contributed by atoms with E-state index >= 15 is 0 Å². The Morgan fingerprint density at radius 3 is 2.67 bits per heavy atom. The van der Waals surface area contributed by atoms with Crippen molar-refractivity contribution in [3.8, 4) is 0 Å². The first-order chi connectivity index (χ1) is 9.59. The van der Waals surface area contributed by atoms with Gasteiger partial charge in [0.25, 0.3) is 0 Å². The smallest absolute Gasteiger partial charge is 0.246 e. The number of carbonyl (C=O) groups excluding carboxylic acids is 2. The Hall–Kier alpha value is -1.59. The lowest BCUT2D eigenvalue weighted by Gasteiger charge is -2.25. The van der Waals surface area contributed by atoms with E-state index in [1.54, 1.807) is 16.8 Å². The topological polar surface area (TPSA) is 66.6 Å². The molecule has 21 heavy (non-hydrogen) atoms. The lowest BCUT2D eigenvalue weighted by atomic mass is 10.1. The number of hydrogen-bond donors (Lipinski definition) is 1. The molecule has 0 aromatic heterocycles. The number of amides is 2. The van der Waals surface area contributed by atoms with Crippen molar-refractivity contribution in [2.24, 2.45) is 5.73 Å². The fourth-order valence-corrected chi connectivity index (χ4v) is 2.36. The molecule has 116 valence electrons. The van der Waals surface area contributed by atoms with E-state index in [9.17, 15) is 9.59 Å². The van der Waals surface area contributed by atoms with Crippen LogP contribution in [0.4, 0.5) is 5.69 Å². The van der Waals surface area contributed by atoms with Crippen LogP contribution in [0.2, 0.25) is 0 Å². The molecule has 0 bridgehead atoms. The summed E-state index contributed by atoms with van der Waals surface area (Å²) in [6, 6.07) is 8.94. The molecule has 2 N–H and O–H groups in total. The second kappa shape index (κ2) is 8.00. The second-order valence-corrected chi connectivity index (χ2v) is 5.15. The number of nitrogens with zero attached hydrogens (tertiary/aromatic N) is 2. The molecule has 5 nitrogen and oxygen atoms in total. The van der Waals surface area contributed by atoms with Crippen molar-refractivity contribution in [3.63, 3.8) is 0 Å². The number of para-hydroxylation sites is 1. The monoisotopic (exact) mass is 311 g/mol. The highest BCUT2D eigenvalue weighted by atomic mass is 35.5. The SMILES string of the molecule is CN(C(=O)CN1CCCCC(N)C1=O)c1ccccc1.Cl. The summed E-state index contributed by atoms with van der Waals surface area (Å²) in [5.74, 6) is -0.212. The highest BCUT2D eigenvalue weighted by Gasteiger charge is 2.26. The molecule has 1 atom stereocenters. The molecule has 0 aliphatic carbocycles. The number of rotatable bonds is 3. The van der Waals surface area contributed by atoms with Gasteiger partial charge in [-0.25, -0.2) is 0 Å². The number of benzene rings is 1. The molecule has 0 radical (unpaired) electrons. The number of anilines is 1. The maximum absolute atomic E-state index is 12.3. The average Bonchev–Trinajstić information content (AvgIpc) is 2.63. The minimum atomic E-state index is -0.465. The summed E-state index contributed by atoms with van der Waals surface area (Å²) in [6.07, 6.45) is 2.55. The van der Waals surface area contributed by atoms with Crippen molar-refractivity contribution in [2.45, 2.75) is 25.3 Å². The van der Waals surface area contributed by atoms with Crippen LogP contribution in [-0.2, 0) is 9.59 Å².